The van der Waals surface area contributed by atoms with E-state index in [0.717, 1.165) is 26.1 Å². The first-order chi connectivity index (χ1) is 6.60. The Morgan fingerprint density at radius 1 is 1.14 bits per heavy atom. The molecule has 0 aromatic carbocycles. The monoisotopic (exact) mass is 202 g/mol. The second-order valence-corrected chi connectivity index (χ2v) is 4.35. The van der Waals surface area contributed by atoms with Crippen LogP contribution in [0.25, 0.3) is 0 Å². The van der Waals surface area contributed by atoms with Gasteiger partial charge in [0.2, 0.25) is 0 Å². The Bertz CT molecular complexity index is 171. The molecule has 0 saturated carbocycles. The topological polar surface area (TPSA) is 27.7 Å². The van der Waals surface area contributed by atoms with Crippen molar-refractivity contribution in [3.8, 4) is 0 Å². The Morgan fingerprint density at radius 2 is 1.71 bits per heavy atom. The van der Waals surface area contributed by atoms with Gasteiger partial charge in [0.25, 0.3) is 0 Å². The zero-order chi connectivity index (χ0) is 10.7. The fraction of sp³-hybridized carbons (Fsp3) is 1.00. The van der Waals surface area contributed by atoms with Crippen molar-refractivity contribution in [3.05, 3.63) is 0 Å². The lowest BCUT2D eigenvalue weighted by molar-refractivity contribution is -0.301. The van der Waals surface area contributed by atoms with Gasteiger partial charge in [-0.2, -0.15) is 0 Å². The first-order valence-electron chi connectivity index (χ1n) is 5.36. The van der Waals surface area contributed by atoms with E-state index >= 15 is 0 Å². The highest BCUT2D eigenvalue weighted by Gasteiger charge is 2.40. The van der Waals surface area contributed by atoms with Gasteiger partial charge in [-0.3, -0.25) is 0 Å². The molecule has 1 aliphatic heterocycles. The molecule has 1 fully saturated rings. The first kappa shape index (κ1) is 12.0. The molecular weight excluding hydrogens is 180 g/mol. The van der Waals surface area contributed by atoms with E-state index in [1.807, 2.05) is 6.92 Å². The van der Waals surface area contributed by atoms with E-state index in [1.165, 1.54) is 0 Å². The van der Waals surface area contributed by atoms with Crippen molar-refractivity contribution < 1.29 is 14.2 Å². The summed E-state index contributed by atoms with van der Waals surface area (Å²) in [7, 11) is 1.73. The Labute approximate surface area is 86.7 Å². The minimum atomic E-state index is -0.383. The normalized spacial score (nSPS) is 38.6. The van der Waals surface area contributed by atoms with Crippen LogP contribution in [0.15, 0.2) is 0 Å². The molecule has 0 radical (unpaired) electrons. The Kier molecular flexibility index (Phi) is 3.93. The van der Waals surface area contributed by atoms with E-state index in [4.69, 9.17) is 14.2 Å². The van der Waals surface area contributed by atoms with Crippen molar-refractivity contribution in [2.45, 2.75) is 39.4 Å². The largest absolute Gasteiger partial charge is 0.384 e. The highest BCUT2D eigenvalue weighted by atomic mass is 16.7. The second-order valence-electron chi connectivity index (χ2n) is 4.35. The van der Waals surface area contributed by atoms with Crippen LogP contribution in [0.3, 0.4) is 0 Å². The third-order valence-corrected chi connectivity index (χ3v) is 3.21. The molecule has 0 atom stereocenters. The summed E-state index contributed by atoms with van der Waals surface area (Å²) in [5.41, 5.74) is 0.0590. The van der Waals surface area contributed by atoms with Gasteiger partial charge in [0.1, 0.15) is 0 Å². The van der Waals surface area contributed by atoms with Gasteiger partial charge < -0.3 is 14.2 Å². The van der Waals surface area contributed by atoms with E-state index < -0.39 is 0 Å². The summed E-state index contributed by atoms with van der Waals surface area (Å²) in [6, 6.07) is 0. The average molecular weight is 202 g/mol. The lowest BCUT2D eigenvalue weighted by atomic mass is 9.87. The molecule has 0 amide bonds. The highest BCUT2D eigenvalue weighted by molar-refractivity contribution is 4.83. The quantitative estimate of drug-likeness (QED) is 0.699. The summed E-state index contributed by atoms with van der Waals surface area (Å²) < 4.78 is 16.8. The first-order valence-corrected chi connectivity index (χ1v) is 5.36. The molecule has 1 rings (SSSR count). The molecule has 0 aromatic heterocycles. The number of hydrogen-bond donors (Lipinski definition) is 0. The van der Waals surface area contributed by atoms with E-state index in [2.05, 4.69) is 13.8 Å². The van der Waals surface area contributed by atoms with Crippen LogP contribution in [0, 0.1) is 5.41 Å². The van der Waals surface area contributed by atoms with E-state index in [1.54, 1.807) is 7.11 Å². The fourth-order valence-electron chi connectivity index (χ4n) is 1.59. The van der Waals surface area contributed by atoms with Crippen LogP contribution in [0.4, 0.5) is 0 Å². The summed E-state index contributed by atoms with van der Waals surface area (Å²) in [5, 5.41) is 0. The summed E-state index contributed by atoms with van der Waals surface area (Å²) in [6.45, 7) is 8.42. The van der Waals surface area contributed by atoms with Crippen molar-refractivity contribution in [2.24, 2.45) is 5.41 Å². The Morgan fingerprint density at radius 3 is 2.07 bits per heavy atom. The molecule has 84 valence electrons. The van der Waals surface area contributed by atoms with Crippen LogP contribution in [-0.4, -0.2) is 32.7 Å². The van der Waals surface area contributed by atoms with Crippen LogP contribution in [-0.2, 0) is 14.2 Å². The van der Waals surface area contributed by atoms with Gasteiger partial charge in [-0.05, 0) is 19.8 Å². The lowest BCUT2D eigenvalue weighted by Gasteiger charge is -2.43. The Hall–Kier alpha value is -0.120. The summed E-state index contributed by atoms with van der Waals surface area (Å²) in [4.78, 5) is 0. The van der Waals surface area contributed by atoms with Crippen molar-refractivity contribution in [1.29, 1.82) is 0 Å². The molecule has 0 aliphatic carbocycles. The van der Waals surface area contributed by atoms with Crippen LogP contribution >= 0.6 is 0 Å². The molecule has 0 unspecified atom stereocenters. The average Bonchev–Trinajstić information content (AvgIpc) is 2.23. The number of hydrogen-bond acceptors (Lipinski definition) is 3. The molecule has 1 heterocycles. The maximum Gasteiger partial charge on any atom is 0.165 e. The maximum absolute atomic E-state index is 5.77. The summed E-state index contributed by atoms with van der Waals surface area (Å²) in [5.74, 6) is -0.383. The highest BCUT2D eigenvalue weighted by Crippen LogP contribution is 2.34. The third kappa shape index (κ3) is 2.47. The maximum atomic E-state index is 5.77. The van der Waals surface area contributed by atoms with Gasteiger partial charge in [-0.25, -0.2) is 0 Å². The van der Waals surface area contributed by atoms with Crippen molar-refractivity contribution >= 4 is 0 Å². The standard InChI is InChI=1S/C11H22O3/c1-5-10(3)13-8-11(6-2,7-12-4)9-14-10/h5-9H2,1-4H3. The zero-order valence-corrected chi connectivity index (χ0v) is 9.76. The van der Waals surface area contributed by atoms with Gasteiger partial charge in [0, 0.05) is 12.5 Å². The molecule has 1 saturated heterocycles. The number of methoxy groups -OCH3 is 1. The molecule has 0 N–H and O–H groups in total. The van der Waals surface area contributed by atoms with Crippen LogP contribution in [0.5, 0.6) is 0 Å². The predicted molar refractivity (Wildman–Crippen MR) is 55.2 cm³/mol. The molecule has 3 nitrogen and oxygen atoms in total. The predicted octanol–water partition coefficient (Wildman–Crippen LogP) is 2.20. The number of rotatable bonds is 4. The summed E-state index contributed by atoms with van der Waals surface area (Å²) >= 11 is 0. The van der Waals surface area contributed by atoms with Crippen LogP contribution < -0.4 is 0 Å². The van der Waals surface area contributed by atoms with E-state index in [9.17, 15) is 0 Å². The van der Waals surface area contributed by atoms with Gasteiger partial charge in [0.05, 0.1) is 19.8 Å². The minimum absolute atomic E-state index is 0.0590. The lowest BCUT2D eigenvalue weighted by Crippen LogP contribution is -2.49. The molecule has 0 spiro atoms. The van der Waals surface area contributed by atoms with E-state index in [-0.39, 0.29) is 11.2 Å². The van der Waals surface area contributed by atoms with Gasteiger partial charge >= 0.3 is 0 Å². The molecule has 1 aliphatic rings. The third-order valence-electron chi connectivity index (χ3n) is 3.21. The molecule has 0 aromatic rings. The van der Waals surface area contributed by atoms with Crippen LogP contribution in [0.2, 0.25) is 0 Å². The van der Waals surface area contributed by atoms with Crippen LogP contribution in [0.1, 0.15) is 33.6 Å². The fourth-order valence-corrected chi connectivity index (χ4v) is 1.59. The van der Waals surface area contributed by atoms with Gasteiger partial charge in [-0.1, -0.05) is 13.8 Å². The smallest absolute Gasteiger partial charge is 0.165 e. The zero-order valence-electron chi connectivity index (χ0n) is 9.76. The molecule has 3 heteroatoms. The van der Waals surface area contributed by atoms with E-state index in [0.29, 0.717) is 6.61 Å². The Balaban J connectivity index is 2.54. The minimum Gasteiger partial charge on any atom is -0.384 e. The van der Waals surface area contributed by atoms with Crippen molar-refractivity contribution in [1.82, 2.24) is 0 Å². The van der Waals surface area contributed by atoms with Crippen molar-refractivity contribution in [3.63, 3.8) is 0 Å². The molecule has 0 bridgehead atoms. The second kappa shape index (κ2) is 4.60. The van der Waals surface area contributed by atoms with Gasteiger partial charge in [0.15, 0.2) is 5.79 Å². The SMILES string of the molecule is CCC1(COC)COC(C)(CC)OC1. The molecule has 14 heavy (non-hydrogen) atoms. The number of ether oxygens (including phenoxy) is 3. The van der Waals surface area contributed by atoms with Crippen molar-refractivity contribution in [2.75, 3.05) is 26.9 Å². The van der Waals surface area contributed by atoms with Gasteiger partial charge in [-0.15, -0.1) is 0 Å². The molecular formula is C11H22O3. The summed E-state index contributed by atoms with van der Waals surface area (Å²) in [6.07, 6.45) is 1.92.